The third kappa shape index (κ3) is 3.52. The van der Waals surface area contributed by atoms with Gasteiger partial charge in [0.2, 0.25) is 0 Å². The van der Waals surface area contributed by atoms with Crippen molar-refractivity contribution < 1.29 is 0 Å². The van der Waals surface area contributed by atoms with Crippen molar-refractivity contribution in [2.24, 2.45) is 22.2 Å². The van der Waals surface area contributed by atoms with Gasteiger partial charge in [-0.05, 0) is 38.0 Å². The van der Waals surface area contributed by atoms with E-state index in [1.807, 2.05) is 25.1 Å². The number of hydrogen-bond acceptors (Lipinski definition) is 6. The first-order chi connectivity index (χ1) is 13.5. The van der Waals surface area contributed by atoms with Crippen LogP contribution in [0.3, 0.4) is 0 Å². The van der Waals surface area contributed by atoms with Crippen LogP contribution in [0.25, 0.3) is 10.9 Å². The van der Waals surface area contributed by atoms with Gasteiger partial charge in [0.1, 0.15) is 11.7 Å². The van der Waals surface area contributed by atoms with E-state index in [1.165, 1.54) is 32.1 Å². The molecule has 8 nitrogen and oxygen atoms in total. The number of H-pyrrole nitrogens is 1. The quantitative estimate of drug-likeness (QED) is 0.400. The third-order valence-corrected chi connectivity index (χ3v) is 6.01. The van der Waals surface area contributed by atoms with E-state index < -0.39 is 0 Å². The predicted molar refractivity (Wildman–Crippen MR) is 112 cm³/mol. The number of fused-ring (bicyclic) bond motifs is 1. The Labute approximate surface area is 165 Å². The first-order valence-corrected chi connectivity index (χ1v) is 10.0. The van der Waals surface area contributed by atoms with E-state index in [-0.39, 0.29) is 11.4 Å². The van der Waals surface area contributed by atoms with E-state index in [4.69, 9.17) is 17.2 Å². The highest BCUT2D eigenvalue weighted by atomic mass is 15.3. The van der Waals surface area contributed by atoms with E-state index in [2.05, 4.69) is 25.4 Å². The van der Waals surface area contributed by atoms with Crippen LogP contribution in [0.4, 0.5) is 0 Å². The van der Waals surface area contributed by atoms with Crippen molar-refractivity contribution in [3.63, 3.8) is 0 Å². The van der Waals surface area contributed by atoms with Crippen molar-refractivity contribution in [3.8, 4) is 0 Å². The SMILES string of the molecule is Cc1[nH]nc2ccc(/C(N)=N/C(=C(N)N)N3CCNC4(CCCCC4)C3)cc12. The lowest BCUT2D eigenvalue weighted by atomic mass is 9.80. The molecule has 8 heteroatoms. The number of nitrogens with one attached hydrogen (secondary N) is 2. The monoisotopic (exact) mass is 382 g/mol. The van der Waals surface area contributed by atoms with Crippen LogP contribution in [0.15, 0.2) is 34.8 Å². The molecule has 2 fully saturated rings. The zero-order valence-electron chi connectivity index (χ0n) is 16.5. The van der Waals surface area contributed by atoms with Crippen molar-refractivity contribution in [1.29, 1.82) is 0 Å². The molecule has 2 heterocycles. The number of piperazine rings is 1. The van der Waals surface area contributed by atoms with Crippen molar-refractivity contribution in [1.82, 2.24) is 20.4 Å². The van der Waals surface area contributed by atoms with Crippen LogP contribution >= 0.6 is 0 Å². The van der Waals surface area contributed by atoms with Gasteiger partial charge in [-0.15, -0.1) is 0 Å². The van der Waals surface area contributed by atoms with Gasteiger partial charge in [-0.25, -0.2) is 4.99 Å². The van der Waals surface area contributed by atoms with Gasteiger partial charge >= 0.3 is 0 Å². The maximum atomic E-state index is 6.35. The number of rotatable bonds is 3. The molecule has 1 aliphatic heterocycles. The average Bonchev–Trinajstić information content (AvgIpc) is 3.06. The molecule has 0 radical (unpaired) electrons. The first kappa shape index (κ1) is 18.6. The Balaban J connectivity index is 1.62. The van der Waals surface area contributed by atoms with Crippen LogP contribution < -0.4 is 22.5 Å². The maximum Gasteiger partial charge on any atom is 0.171 e. The molecule has 2 aromatic rings. The fourth-order valence-corrected chi connectivity index (χ4v) is 4.49. The summed E-state index contributed by atoms with van der Waals surface area (Å²) in [6.45, 7) is 4.55. The number of aromatic nitrogens is 2. The zero-order chi connectivity index (χ0) is 19.7. The van der Waals surface area contributed by atoms with Gasteiger partial charge < -0.3 is 27.4 Å². The van der Waals surface area contributed by atoms with Gasteiger partial charge in [0, 0.05) is 41.8 Å². The molecule has 0 bridgehead atoms. The van der Waals surface area contributed by atoms with Gasteiger partial charge in [-0.2, -0.15) is 5.10 Å². The molecule has 28 heavy (non-hydrogen) atoms. The van der Waals surface area contributed by atoms with Crippen LogP contribution in [0, 0.1) is 6.92 Å². The van der Waals surface area contributed by atoms with Crippen molar-refractivity contribution in [3.05, 3.63) is 41.1 Å². The Bertz CT molecular complexity index is 910. The minimum absolute atomic E-state index is 0.133. The highest BCUT2D eigenvalue weighted by Crippen LogP contribution is 2.32. The van der Waals surface area contributed by atoms with E-state index in [0.717, 1.165) is 41.8 Å². The lowest BCUT2D eigenvalue weighted by molar-refractivity contribution is 0.121. The lowest BCUT2D eigenvalue weighted by Crippen LogP contribution is -2.61. The van der Waals surface area contributed by atoms with Crippen LogP contribution in [-0.2, 0) is 0 Å². The highest BCUT2D eigenvalue weighted by molar-refractivity contribution is 6.01. The third-order valence-electron chi connectivity index (χ3n) is 6.01. The van der Waals surface area contributed by atoms with Gasteiger partial charge in [0.05, 0.1) is 5.52 Å². The van der Waals surface area contributed by atoms with Gasteiger partial charge in [0.25, 0.3) is 0 Å². The van der Waals surface area contributed by atoms with Gasteiger partial charge in [-0.3, -0.25) is 5.10 Å². The summed E-state index contributed by atoms with van der Waals surface area (Å²) in [5.41, 5.74) is 21.3. The number of aryl methyl sites for hydroxylation is 1. The van der Waals surface area contributed by atoms with Crippen LogP contribution in [0.1, 0.15) is 43.4 Å². The van der Waals surface area contributed by atoms with Gasteiger partial charge in [0.15, 0.2) is 5.82 Å². The van der Waals surface area contributed by atoms with E-state index in [0.29, 0.717) is 11.7 Å². The van der Waals surface area contributed by atoms with Crippen molar-refractivity contribution in [2.75, 3.05) is 19.6 Å². The molecule has 0 amide bonds. The van der Waals surface area contributed by atoms with E-state index in [1.54, 1.807) is 0 Å². The molecule has 4 rings (SSSR count). The molecular weight excluding hydrogens is 352 g/mol. The maximum absolute atomic E-state index is 6.35. The molecule has 1 aromatic carbocycles. The topological polar surface area (TPSA) is 134 Å². The summed E-state index contributed by atoms with van der Waals surface area (Å²) < 4.78 is 0. The summed E-state index contributed by atoms with van der Waals surface area (Å²) >= 11 is 0. The lowest BCUT2D eigenvalue weighted by Gasteiger charge is -2.46. The van der Waals surface area contributed by atoms with E-state index >= 15 is 0 Å². The first-order valence-electron chi connectivity index (χ1n) is 10.0. The normalized spacial score (nSPS) is 19.9. The summed E-state index contributed by atoms with van der Waals surface area (Å²) in [5, 5.41) is 12.0. The fourth-order valence-electron chi connectivity index (χ4n) is 4.49. The number of hydrogen-bond donors (Lipinski definition) is 5. The molecule has 1 saturated heterocycles. The molecule has 1 aromatic heterocycles. The second-order valence-corrected chi connectivity index (χ2v) is 8.05. The van der Waals surface area contributed by atoms with Crippen LogP contribution in [-0.4, -0.2) is 46.1 Å². The van der Waals surface area contributed by atoms with Crippen LogP contribution in [0.2, 0.25) is 0 Å². The molecule has 8 N–H and O–H groups in total. The fraction of sp³-hybridized carbons (Fsp3) is 0.500. The second-order valence-electron chi connectivity index (χ2n) is 8.05. The summed E-state index contributed by atoms with van der Waals surface area (Å²) in [5.74, 6) is 1.19. The Kier molecular flexibility index (Phi) is 4.89. The molecule has 1 aliphatic carbocycles. The van der Waals surface area contributed by atoms with Crippen molar-refractivity contribution >= 4 is 16.7 Å². The van der Waals surface area contributed by atoms with Crippen LogP contribution in [0.5, 0.6) is 0 Å². The summed E-state index contributed by atoms with van der Waals surface area (Å²) in [6, 6.07) is 5.86. The Morgan fingerprint density at radius 3 is 2.71 bits per heavy atom. The average molecular weight is 383 g/mol. The molecule has 1 spiro atoms. The number of aliphatic imine (C=N–C) groups is 1. The van der Waals surface area contributed by atoms with Crippen molar-refractivity contribution in [2.45, 2.75) is 44.6 Å². The summed E-state index contributed by atoms with van der Waals surface area (Å²) in [7, 11) is 0. The molecule has 2 aliphatic rings. The second kappa shape index (κ2) is 7.35. The highest BCUT2D eigenvalue weighted by Gasteiger charge is 2.37. The largest absolute Gasteiger partial charge is 0.383 e. The zero-order valence-corrected chi connectivity index (χ0v) is 16.5. The molecular formula is C20H30N8. The Morgan fingerprint density at radius 1 is 1.18 bits per heavy atom. The standard InChI is InChI=1S/C20H30N8/c1-13-15-11-14(5-6-16(15)27-26-13)18(23)25-19(17(21)22)28-10-9-24-20(12-28)7-3-2-4-8-20/h5-6,11,24H,2-4,7-10,12,21-22H2,1H3,(H2,23,25)(H,26,27). The molecule has 1 saturated carbocycles. The Morgan fingerprint density at radius 2 is 1.96 bits per heavy atom. The molecule has 150 valence electrons. The number of aromatic amines is 1. The smallest absolute Gasteiger partial charge is 0.171 e. The van der Waals surface area contributed by atoms with E-state index in [9.17, 15) is 0 Å². The number of amidine groups is 1. The molecule has 0 unspecified atom stereocenters. The minimum Gasteiger partial charge on any atom is -0.383 e. The molecule has 0 atom stereocenters. The van der Waals surface area contributed by atoms with Gasteiger partial charge in [-0.1, -0.05) is 19.3 Å². The number of nitrogens with two attached hydrogens (primary N) is 3. The predicted octanol–water partition coefficient (Wildman–Crippen LogP) is 1.23. The minimum atomic E-state index is 0.133. The Hall–Kier alpha value is -2.74. The number of nitrogens with zero attached hydrogens (tertiary/aromatic N) is 3. The summed E-state index contributed by atoms with van der Waals surface area (Å²) in [4.78, 5) is 6.85. The number of benzene rings is 1. The summed E-state index contributed by atoms with van der Waals surface area (Å²) in [6.07, 6.45) is 6.18.